The summed E-state index contributed by atoms with van der Waals surface area (Å²) in [4.78, 5) is 20.3. The molecule has 9 heteroatoms. The van der Waals surface area contributed by atoms with E-state index in [1.165, 1.54) is 18.4 Å². The molecule has 3 aromatic heterocycles. The minimum Gasteiger partial charge on any atom is -0.357 e. The molecule has 4 heterocycles. The Balaban J connectivity index is 1.38. The molecule has 0 saturated carbocycles. The van der Waals surface area contributed by atoms with Gasteiger partial charge in [0.25, 0.3) is 0 Å². The number of anilines is 4. The van der Waals surface area contributed by atoms with Crippen LogP contribution in [-0.2, 0) is 7.05 Å². The molecular formula is C26H27N9. The number of aromatic nitrogens is 6. The van der Waals surface area contributed by atoms with Crippen molar-refractivity contribution in [3.8, 4) is 11.1 Å². The third-order valence-corrected chi connectivity index (χ3v) is 6.60. The highest BCUT2D eigenvalue weighted by Gasteiger charge is 2.18. The Morgan fingerprint density at radius 3 is 2.51 bits per heavy atom. The molecule has 6 rings (SSSR count). The van der Waals surface area contributed by atoms with Gasteiger partial charge in [0.2, 0.25) is 11.9 Å². The maximum absolute atomic E-state index is 4.80. The lowest BCUT2D eigenvalue weighted by molar-refractivity contribution is 0.801. The van der Waals surface area contributed by atoms with E-state index in [4.69, 9.17) is 5.10 Å². The number of nitrogens with zero attached hydrogens (tertiary/aromatic N) is 7. The third-order valence-electron chi connectivity index (χ3n) is 6.60. The molecule has 0 unspecified atom stereocenters. The van der Waals surface area contributed by atoms with Gasteiger partial charge in [0.15, 0.2) is 5.82 Å². The molecule has 0 amide bonds. The summed E-state index contributed by atoms with van der Waals surface area (Å²) < 4.78 is 1.93. The van der Waals surface area contributed by atoms with E-state index < -0.39 is 0 Å². The molecule has 0 radical (unpaired) electrons. The maximum atomic E-state index is 4.80. The predicted octanol–water partition coefficient (Wildman–Crippen LogP) is 4.67. The molecule has 5 aromatic rings. The Hall–Kier alpha value is -4.27. The van der Waals surface area contributed by atoms with E-state index in [2.05, 4.69) is 66.7 Å². The zero-order valence-electron chi connectivity index (χ0n) is 20.1. The zero-order chi connectivity index (χ0) is 23.9. The van der Waals surface area contributed by atoms with Crippen LogP contribution in [0.4, 0.5) is 23.4 Å². The van der Waals surface area contributed by atoms with E-state index in [1.807, 2.05) is 43.4 Å². The van der Waals surface area contributed by atoms with Crippen LogP contribution >= 0.6 is 0 Å². The van der Waals surface area contributed by atoms with Gasteiger partial charge in [0.05, 0.1) is 29.1 Å². The third kappa shape index (κ3) is 3.78. The first-order chi connectivity index (χ1) is 17.1. The SMILES string of the molecule is CNc1ncc2cc(-c3c(C)ccc4c(Nc5cnc(N6CCCC6)nc5)nn(C)c34)ccc2n1. The average Bonchev–Trinajstić information content (AvgIpc) is 3.53. The van der Waals surface area contributed by atoms with Crippen molar-refractivity contribution in [2.75, 3.05) is 35.7 Å². The lowest BCUT2D eigenvalue weighted by Crippen LogP contribution is -2.20. The quantitative estimate of drug-likeness (QED) is 0.387. The van der Waals surface area contributed by atoms with E-state index in [0.717, 1.165) is 63.5 Å². The number of nitrogens with one attached hydrogen (secondary N) is 2. The van der Waals surface area contributed by atoms with Crippen molar-refractivity contribution in [3.05, 3.63) is 54.5 Å². The van der Waals surface area contributed by atoms with Gasteiger partial charge in [-0.25, -0.2) is 19.9 Å². The first-order valence-corrected chi connectivity index (χ1v) is 11.9. The number of fused-ring (bicyclic) bond motifs is 2. The molecule has 9 nitrogen and oxygen atoms in total. The van der Waals surface area contributed by atoms with Crippen LogP contribution in [0.5, 0.6) is 0 Å². The fraction of sp³-hybridized carbons (Fsp3) is 0.269. The van der Waals surface area contributed by atoms with Gasteiger partial charge in [-0.3, -0.25) is 4.68 Å². The van der Waals surface area contributed by atoms with Crippen molar-refractivity contribution in [3.63, 3.8) is 0 Å². The summed E-state index contributed by atoms with van der Waals surface area (Å²) in [6.45, 7) is 4.18. The zero-order valence-corrected chi connectivity index (χ0v) is 20.1. The Kier molecular flexibility index (Phi) is 5.17. The van der Waals surface area contributed by atoms with Crippen LogP contribution in [0.15, 0.2) is 48.9 Å². The topological polar surface area (TPSA) is 96.7 Å². The largest absolute Gasteiger partial charge is 0.357 e. The van der Waals surface area contributed by atoms with Gasteiger partial charge in [-0.15, -0.1) is 0 Å². The molecule has 1 saturated heterocycles. The monoisotopic (exact) mass is 465 g/mol. The fourth-order valence-electron chi connectivity index (χ4n) is 4.84. The van der Waals surface area contributed by atoms with E-state index in [9.17, 15) is 0 Å². The predicted molar refractivity (Wildman–Crippen MR) is 140 cm³/mol. The number of aryl methyl sites for hydroxylation is 2. The number of hydrogen-bond acceptors (Lipinski definition) is 8. The van der Waals surface area contributed by atoms with Gasteiger partial charge in [-0.05, 0) is 49.1 Å². The highest BCUT2D eigenvalue weighted by Crippen LogP contribution is 2.36. The van der Waals surface area contributed by atoms with Crippen molar-refractivity contribution in [2.45, 2.75) is 19.8 Å². The molecule has 1 aliphatic rings. The van der Waals surface area contributed by atoms with E-state index in [1.54, 1.807) is 0 Å². The fourth-order valence-corrected chi connectivity index (χ4v) is 4.84. The average molecular weight is 466 g/mol. The Labute approximate surface area is 203 Å². The second kappa shape index (κ2) is 8.50. The standard InChI is InChI=1S/C26H27N9/c1-16-6-8-20-23(22(16)17-7-9-21-18(12-17)13-28-25(27-2)32-21)34(3)33-24(20)31-19-14-29-26(30-15-19)35-10-4-5-11-35/h6-9,12-15H,4-5,10-11H2,1-3H3,(H,31,33)(H,27,28,32). The van der Waals surface area contributed by atoms with Gasteiger partial charge < -0.3 is 15.5 Å². The van der Waals surface area contributed by atoms with Crippen LogP contribution in [-0.4, -0.2) is 49.9 Å². The molecule has 2 N–H and O–H groups in total. The first-order valence-electron chi connectivity index (χ1n) is 11.9. The molecule has 1 aliphatic heterocycles. The van der Waals surface area contributed by atoms with Gasteiger partial charge >= 0.3 is 0 Å². The summed E-state index contributed by atoms with van der Waals surface area (Å²) >= 11 is 0. The molecule has 176 valence electrons. The summed E-state index contributed by atoms with van der Waals surface area (Å²) in [6.07, 6.45) is 7.92. The minimum absolute atomic E-state index is 0.614. The first kappa shape index (κ1) is 21.3. The van der Waals surface area contributed by atoms with Crippen LogP contribution in [0.1, 0.15) is 18.4 Å². The molecule has 0 aliphatic carbocycles. The molecule has 35 heavy (non-hydrogen) atoms. The summed E-state index contributed by atoms with van der Waals surface area (Å²) in [5.74, 6) is 2.19. The molecular weight excluding hydrogens is 438 g/mol. The molecule has 2 aromatic carbocycles. The van der Waals surface area contributed by atoms with E-state index >= 15 is 0 Å². The number of hydrogen-bond donors (Lipinski definition) is 2. The summed E-state index contributed by atoms with van der Waals surface area (Å²) in [7, 11) is 3.80. The van der Waals surface area contributed by atoms with Gasteiger partial charge in [0, 0.05) is 49.7 Å². The van der Waals surface area contributed by atoms with E-state index in [0.29, 0.717) is 5.95 Å². The lowest BCUT2D eigenvalue weighted by atomic mass is 9.96. The highest BCUT2D eigenvalue weighted by atomic mass is 15.3. The van der Waals surface area contributed by atoms with Crippen molar-refractivity contribution >= 4 is 45.2 Å². The van der Waals surface area contributed by atoms with Crippen LogP contribution in [0.25, 0.3) is 32.9 Å². The van der Waals surface area contributed by atoms with Gasteiger partial charge in [0.1, 0.15) is 0 Å². The van der Waals surface area contributed by atoms with Crippen molar-refractivity contribution < 1.29 is 0 Å². The van der Waals surface area contributed by atoms with Crippen LogP contribution < -0.4 is 15.5 Å². The Morgan fingerprint density at radius 1 is 0.943 bits per heavy atom. The minimum atomic E-state index is 0.614. The lowest BCUT2D eigenvalue weighted by Gasteiger charge is -2.14. The summed E-state index contributed by atoms with van der Waals surface area (Å²) in [5.41, 5.74) is 6.22. The second-order valence-corrected chi connectivity index (χ2v) is 8.93. The smallest absolute Gasteiger partial charge is 0.225 e. The van der Waals surface area contributed by atoms with Gasteiger partial charge in [-0.1, -0.05) is 12.1 Å². The molecule has 0 bridgehead atoms. The number of rotatable bonds is 5. The van der Waals surface area contributed by atoms with E-state index in [-0.39, 0.29) is 0 Å². The van der Waals surface area contributed by atoms with Crippen molar-refractivity contribution in [1.82, 2.24) is 29.7 Å². The number of benzene rings is 2. The normalized spacial score (nSPS) is 13.6. The van der Waals surface area contributed by atoms with Crippen LogP contribution in [0, 0.1) is 6.92 Å². The second-order valence-electron chi connectivity index (χ2n) is 8.93. The Bertz CT molecular complexity index is 1530. The Morgan fingerprint density at radius 2 is 1.74 bits per heavy atom. The maximum Gasteiger partial charge on any atom is 0.225 e. The van der Waals surface area contributed by atoms with Crippen LogP contribution in [0.3, 0.4) is 0 Å². The van der Waals surface area contributed by atoms with Crippen LogP contribution in [0.2, 0.25) is 0 Å². The molecule has 0 atom stereocenters. The summed E-state index contributed by atoms with van der Waals surface area (Å²) in [6, 6.07) is 10.6. The van der Waals surface area contributed by atoms with Crippen molar-refractivity contribution in [1.29, 1.82) is 0 Å². The van der Waals surface area contributed by atoms with Crippen molar-refractivity contribution in [2.24, 2.45) is 7.05 Å². The van der Waals surface area contributed by atoms with Gasteiger partial charge in [-0.2, -0.15) is 5.10 Å². The molecule has 1 fully saturated rings. The summed E-state index contributed by atoms with van der Waals surface area (Å²) in [5, 5.41) is 13.3. The molecule has 0 spiro atoms. The highest BCUT2D eigenvalue weighted by molar-refractivity contribution is 6.03.